The molecule has 0 amide bonds. The molecule has 1 fully saturated rings. The van der Waals surface area contributed by atoms with E-state index in [4.69, 9.17) is 0 Å². The molecule has 0 radical (unpaired) electrons. The number of hydrogen-bond acceptors (Lipinski definition) is 5. The van der Waals surface area contributed by atoms with E-state index in [-0.39, 0.29) is 17.7 Å². The molecule has 7 nitrogen and oxygen atoms in total. The number of aliphatic hydroxyl groups excluding tert-OH is 1. The van der Waals surface area contributed by atoms with E-state index in [1.54, 1.807) is 6.07 Å². The number of aromatic nitrogens is 4. The summed E-state index contributed by atoms with van der Waals surface area (Å²) in [5.41, 5.74) is 0.258. The summed E-state index contributed by atoms with van der Waals surface area (Å²) in [6.07, 6.45) is 3.52. The SMILES string of the molecule is O=c1[nH]nc2cc(NCC3(CO)CC3)ncn12. The molecule has 17 heavy (non-hydrogen) atoms. The van der Waals surface area contributed by atoms with Gasteiger partial charge >= 0.3 is 5.69 Å². The van der Waals surface area contributed by atoms with E-state index >= 15 is 0 Å². The van der Waals surface area contributed by atoms with Crippen molar-refractivity contribution in [3.8, 4) is 0 Å². The van der Waals surface area contributed by atoms with Crippen molar-refractivity contribution >= 4 is 11.5 Å². The van der Waals surface area contributed by atoms with Crippen LogP contribution in [0.4, 0.5) is 5.82 Å². The Bertz CT molecular complexity index is 598. The summed E-state index contributed by atoms with van der Waals surface area (Å²) in [4.78, 5) is 15.3. The second-order valence-corrected chi connectivity index (χ2v) is 4.54. The summed E-state index contributed by atoms with van der Waals surface area (Å²) in [7, 11) is 0. The third-order valence-electron chi connectivity index (χ3n) is 3.25. The number of H-pyrrole nitrogens is 1. The van der Waals surface area contributed by atoms with Gasteiger partial charge in [0, 0.05) is 18.0 Å². The maximum absolute atomic E-state index is 11.2. The van der Waals surface area contributed by atoms with E-state index in [0.717, 1.165) is 12.8 Å². The van der Waals surface area contributed by atoms with Crippen LogP contribution >= 0.6 is 0 Å². The Balaban J connectivity index is 1.79. The highest BCUT2D eigenvalue weighted by molar-refractivity contribution is 5.48. The highest BCUT2D eigenvalue weighted by Gasteiger charge is 2.41. The molecule has 1 saturated carbocycles. The number of hydrogen-bond donors (Lipinski definition) is 3. The summed E-state index contributed by atoms with van der Waals surface area (Å²) >= 11 is 0. The number of nitrogens with zero attached hydrogens (tertiary/aromatic N) is 3. The second kappa shape index (κ2) is 3.56. The van der Waals surface area contributed by atoms with Crippen LogP contribution in [-0.2, 0) is 0 Å². The van der Waals surface area contributed by atoms with Crippen LogP contribution in [0.3, 0.4) is 0 Å². The van der Waals surface area contributed by atoms with Crippen LogP contribution in [-0.4, -0.2) is 37.8 Å². The normalized spacial score (nSPS) is 17.2. The van der Waals surface area contributed by atoms with Gasteiger partial charge in [-0.15, -0.1) is 0 Å². The summed E-state index contributed by atoms with van der Waals surface area (Å²) < 4.78 is 1.34. The molecule has 90 valence electrons. The van der Waals surface area contributed by atoms with E-state index in [0.29, 0.717) is 18.0 Å². The predicted octanol–water partition coefficient (Wildman–Crippen LogP) is -0.398. The lowest BCUT2D eigenvalue weighted by atomic mass is 10.1. The molecule has 2 aromatic heterocycles. The Labute approximate surface area is 96.5 Å². The van der Waals surface area contributed by atoms with Crippen LogP contribution in [0.15, 0.2) is 17.2 Å². The van der Waals surface area contributed by atoms with Crippen LogP contribution in [0, 0.1) is 5.41 Å². The first-order chi connectivity index (χ1) is 8.22. The fourth-order valence-corrected chi connectivity index (χ4v) is 1.75. The number of nitrogens with one attached hydrogen (secondary N) is 2. The lowest BCUT2D eigenvalue weighted by Crippen LogP contribution is -2.19. The van der Waals surface area contributed by atoms with Gasteiger partial charge in [-0.3, -0.25) is 0 Å². The van der Waals surface area contributed by atoms with E-state index in [1.807, 2.05) is 0 Å². The average Bonchev–Trinajstić information content (AvgIpc) is 3.06. The molecule has 0 bridgehead atoms. The van der Waals surface area contributed by atoms with Crippen molar-refractivity contribution in [3.63, 3.8) is 0 Å². The number of anilines is 1. The minimum absolute atomic E-state index is 0.0268. The van der Waals surface area contributed by atoms with E-state index in [9.17, 15) is 9.90 Å². The van der Waals surface area contributed by atoms with E-state index in [2.05, 4.69) is 20.5 Å². The fourth-order valence-electron chi connectivity index (χ4n) is 1.75. The van der Waals surface area contributed by atoms with Crippen LogP contribution in [0.2, 0.25) is 0 Å². The average molecular weight is 235 g/mol. The first-order valence-corrected chi connectivity index (χ1v) is 5.50. The van der Waals surface area contributed by atoms with Crippen molar-refractivity contribution in [1.82, 2.24) is 19.6 Å². The molecule has 0 atom stereocenters. The maximum Gasteiger partial charge on any atom is 0.348 e. The van der Waals surface area contributed by atoms with Crippen LogP contribution < -0.4 is 11.0 Å². The van der Waals surface area contributed by atoms with Crippen molar-refractivity contribution in [1.29, 1.82) is 0 Å². The minimum atomic E-state index is -0.298. The lowest BCUT2D eigenvalue weighted by Gasteiger charge is -2.12. The molecule has 7 heteroatoms. The number of aliphatic hydroxyl groups is 1. The Morgan fingerprint density at radius 2 is 2.41 bits per heavy atom. The van der Waals surface area contributed by atoms with Crippen LogP contribution in [0.5, 0.6) is 0 Å². The molecule has 0 saturated heterocycles. The Morgan fingerprint density at radius 1 is 1.59 bits per heavy atom. The number of rotatable bonds is 4. The van der Waals surface area contributed by atoms with Gasteiger partial charge < -0.3 is 10.4 Å². The van der Waals surface area contributed by atoms with Gasteiger partial charge in [-0.2, -0.15) is 5.10 Å². The number of fused-ring (bicyclic) bond motifs is 1. The van der Waals surface area contributed by atoms with Crippen LogP contribution in [0.1, 0.15) is 12.8 Å². The monoisotopic (exact) mass is 235 g/mol. The maximum atomic E-state index is 11.2. The Morgan fingerprint density at radius 3 is 3.12 bits per heavy atom. The molecule has 3 rings (SSSR count). The Kier molecular flexibility index (Phi) is 2.15. The van der Waals surface area contributed by atoms with Crippen molar-refractivity contribution < 1.29 is 5.11 Å². The first kappa shape index (κ1) is 10.3. The topological polar surface area (TPSA) is 95.3 Å². The zero-order chi connectivity index (χ0) is 11.9. The molecule has 0 unspecified atom stereocenters. The Hall–Kier alpha value is -1.89. The van der Waals surface area contributed by atoms with E-state index < -0.39 is 0 Å². The van der Waals surface area contributed by atoms with Crippen LogP contribution in [0.25, 0.3) is 5.65 Å². The molecule has 0 aliphatic heterocycles. The molecule has 3 N–H and O–H groups in total. The second-order valence-electron chi connectivity index (χ2n) is 4.54. The molecule has 0 aromatic carbocycles. The molecule has 0 spiro atoms. The largest absolute Gasteiger partial charge is 0.396 e. The van der Waals surface area contributed by atoms with Gasteiger partial charge in [-0.05, 0) is 12.8 Å². The van der Waals surface area contributed by atoms with Gasteiger partial charge in [0.25, 0.3) is 0 Å². The lowest BCUT2D eigenvalue weighted by molar-refractivity contribution is 0.219. The van der Waals surface area contributed by atoms with Crippen molar-refractivity contribution in [2.75, 3.05) is 18.5 Å². The van der Waals surface area contributed by atoms with Crippen molar-refractivity contribution in [2.45, 2.75) is 12.8 Å². The summed E-state index contributed by atoms with van der Waals surface area (Å²) in [6.45, 7) is 0.894. The zero-order valence-electron chi connectivity index (χ0n) is 9.18. The van der Waals surface area contributed by atoms with Gasteiger partial charge in [0.2, 0.25) is 0 Å². The van der Waals surface area contributed by atoms with Gasteiger partial charge in [0.15, 0.2) is 5.65 Å². The number of aromatic amines is 1. The molecular weight excluding hydrogens is 222 g/mol. The minimum Gasteiger partial charge on any atom is -0.396 e. The molecular formula is C10H13N5O2. The highest BCUT2D eigenvalue weighted by Crippen LogP contribution is 2.44. The standard InChI is InChI=1S/C10H13N5O2/c16-5-10(1-2-10)4-11-7-3-8-13-14-9(17)15(8)6-12-7/h3,6,11,16H,1-2,4-5H2,(H,14,17). The fraction of sp³-hybridized carbons (Fsp3) is 0.500. The third kappa shape index (κ3) is 1.78. The summed E-state index contributed by atoms with van der Waals surface area (Å²) in [6, 6.07) is 1.70. The highest BCUT2D eigenvalue weighted by atomic mass is 16.3. The zero-order valence-corrected chi connectivity index (χ0v) is 9.18. The van der Waals surface area contributed by atoms with Gasteiger partial charge in [0.05, 0.1) is 6.61 Å². The summed E-state index contributed by atoms with van der Waals surface area (Å²) in [5, 5.41) is 18.6. The van der Waals surface area contributed by atoms with Gasteiger partial charge in [0.1, 0.15) is 12.1 Å². The predicted molar refractivity (Wildman–Crippen MR) is 60.9 cm³/mol. The van der Waals surface area contributed by atoms with Crippen molar-refractivity contribution in [3.05, 3.63) is 22.9 Å². The van der Waals surface area contributed by atoms with Gasteiger partial charge in [-0.1, -0.05) is 0 Å². The van der Waals surface area contributed by atoms with Gasteiger partial charge in [-0.25, -0.2) is 19.3 Å². The first-order valence-electron chi connectivity index (χ1n) is 5.50. The molecule has 1 aliphatic carbocycles. The summed E-state index contributed by atoms with van der Waals surface area (Å²) in [5.74, 6) is 0.663. The van der Waals surface area contributed by atoms with E-state index in [1.165, 1.54) is 10.7 Å². The van der Waals surface area contributed by atoms with Crippen molar-refractivity contribution in [2.24, 2.45) is 5.41 Å². The molecule has 1 aliphatic rings. The quantitative estimate of drug-likeness (QED) is 0.670. The smallest absolute Gasteiger partial charge is 0.348 e. The molecule has 2 heterocycles. The molecule has 2 aromatic rings. The third-order valence-corrected chi connectivity index (χ3v) is 3.25.